The van der Waals surface area contributed by atoms with Gasteiger partial charge in [0.15, 0.2) is 0 Å². The van der Waals surface area contributed by atoms with Gasteiger partial charge in [-0.15, -0.1) is 0 Å². The predicted octanol–water partition coefficient (Wildman–Crippen LogP) is -0.478. The van der Waals surface area contributed by atoms with E-state index in [1.54, 1.807) is 0 Å². The summed E-state index contributed by atoms with van der Waals surface area (Å²) in [5, 5.41) is 0. The molecule has 0 spiro atoms. The van der Waals surface area contributed by atoms with Crippen molar-refractivity contribution in [2.24, 2.45) is 0 Å². The normalized spacial score (nSPS) is 0. The Morgan fingerprint density at radius 1 is 0.500 bits per heavy atom. The second-order valence-corrected chi connectivity index (χ2v) is 0. The van der Waals surface area contributed by atoms with Crippen LogP contribution in [0, 0.1) is 40.4 Å². The molecule has 0 radical (unpaired) electrons. The van der Waals surface area contributed by atoms with Crippen molar-refractivity contribution in [2.45, 2.75) is 0 Å². The molecule has 0 heterocycles. The summed E-state index contributed by atoms with van der Waals surface area (Å²) in [6, 6.07) is 0. The van der Waals surface area contributed by atoms with E-state index >= 15 is 0 Å². The Labute approximate surface area is 79.9 Å². The van der Waals surface area contributed by atoms with E-state index in [1.165, 1.54) is 0 Å². The molecule has 0 bridgehead atoms. The van der Waals surface area contributed by atoms with E-state index in [0.29, 0.717) is 0 Å². The van der Waals surface area contributed by atoms with Crippen LogP contribution in [0.5, 0.6) is 0 Å². The average molecular weight is 260 g/mol. The van der Waals surface area contributed by atoms with E-state index < -0.39 is 0 Å². The van der Waals surface area contributed by atoms with Crippen LogP contribution >= 0.6 is 0 Å². The summed E-state index contributed by atoms with van der Waals surface area (Å²) in [6.45, 7) is 0. The van der Waals surface area contributed by atoms with Crippen LogP contribution in [0.4, 0.5) is 0 Å². The molecule has 0 saturated carbocycles. The average Bonchev–Trinajstić information content (AvgIpc) is 0. The fourth-order valence-corrected chi connectivity index (χ4v) is 0. The summed E-state index contributed by atoms with van der Waals surface area (Å²) >= 11 is 0. The molecule has 0 aliphatic carbocycles. The molecule has 0 N–H and O–H groups in total. The van der Waals surface area contributed by atoms with Crippen molar-refractivity contribution in [3.63, 3.8) is 0 Å². The monoisotopic (exact) mass is 260 g/mol. The van der Waals surface area contributed by atoms with Crippen molar-refractivity contribution in [2.75, 3.05) is 0 Å². The predicted molar refractivity (Wildman–Crippen MR) is 2.75 cm³/mol. The van der Waals surface area contributed by atoms with Gasteiger partial charge < -0.3 is 21.9 Å². The van der Waals surface area contributed by atoms with E-state index in [9.17, 15) is 0 Å². The first kappa shape index (κ1) is 114. The molecule has 6 heteroatoms. The van der Waals surface area contributed by atoms with Crippen molar-refractivity contribution in [1.29, 1.82) is 0 Å². The molecular formula is O4PmV. The smallest absolute Gasteiger partial charge is 2.00 e. The first-order valence-corrected chi connectivity index (χ1v) is 0. The molecular weight excluding hydrogens is 260 g/mol. The zero-order chi connectivity index (χ0) is 0. The van der Waals surface area contributed by atoms with Gasteiger partial charge in [0.2, 0.25) is 0 Å². The van der Waals surface area contributed by atoms with Crippen LogP contribution in [0.15, 0.2) is 0 Å². The minimum Gasteiger partial charge on any atom is -2.00 e. The van der Waals surface area contributed by atoms with Crippen LogP contribution in [0.1, 0.15) is 0 Å². The van der Waals surface area contributed by atoms with E-state index in [2.05, 4.69) is 0 Å². The Kier molecular flexibility index (Phi) is 1380. The minimum atomic E-state index is 0. The van der Waals surface area contributed by atoms with Gasteiger partial charge in [-0.2, -0.15) is 0 Å². The van der Waals surface area contributed by atoms with Gasteiger partial charge in [-0.25, -0.2) is 0 Å². The maximum atomic E-state index is 0. The van der Waals surface area contributed by atoms with Crippen LogP contribution < -0.4 is 0 Å². The first-order chi connectivity index (χ1) is 0. The maximum absolute atomic E-state index is 0. The molecule has 0 amide bonds. The summed E-state index contributed by atoms with van der Waals surface area (Å²) in [5.41, 5.74) is 0. The molecule has 4 nitrogen and oxygen atoms in total. The molecule has 0 aromatic rings. The van der Waals surface area contributed by atoms with E-state index in [4.69, 9.17) is 0 Å². The van der Waals surface area contributed by atoms with Crippen molar-refractivity contribution in [3.05, 3.63) is 0 Å². The second-order valence-electron chi connectivity index (χ2n) is 0. The zero-order valence-corrected chi connectivity index (χ0v) is 6.79. The largest absolute Gasteiger partial charge is 5.00 e. The molecule has 0 atom stereocenters. The Bertz CT molecular complexity index is 7.51. The molecule has 0 rings (SSSR count). The fraction of sp³-hybridized carbons (Fsp3) is 0. The third-order valence-electron chi connectivity index (χ3n) is 0. The van der Waals surface area contributed by atoms with Crippen molar-refractivity contribution in [1.82, 2.24) is 0 Å². The Balaban J connectivity index is 0. The standard InChI is InChI=1S/4O.Pm.V/q4*-2;+3;+5. The molecule has 0 saturated heterocycles. The van der Waals surface area contributed by atoms with Crippen LogP contribution in [-0.4, -0.2) is 0 Å². The number of hydrogen-bond acceptors (Lipinski definition) is 0. The SMILES string of the molecule is [O-2].[O-2].[O-2].[O-2].[Pm+3].[V+5]. The Morgan fingerprint density at radius 3 is 0.500 bits per heavy atom. The van der Waals surface area contributed by atoms with Gasteiger partial charge in [0.1, 0.15) is 0 Å². The molecule has 34 valence electrons. The second kappa shape index (κ2) is 72.3. The summed E-state index contributed by atoms with van der Waals surface area (Å²) in [7, 11) is 0. The molecule has 0 aliphatic heterocycles. The summed E-state index contributed by atoms with van der Waals surface area (Å²) in [6.07, 6.45) is 0. The number of rotatable bonds is 0. The van der Waals surface area contributed by atoms with E-state index in [0.717, 1.165) is 0 Å². The minimum absolute atomic E-state index is 0. The molecule has 0 fully saturated rings. The Morgan fingerprint density at radius 2 is 0.500 bits per heavy atom. The van der Waals surface area contributed by atoms with Gasteiger partial charge in [-0.05, 0) is 0 Å². The summed E-state index contributed by atoms with van der Waals surface area (Å²) in [5.74, 6) is 0. The maximum Gasteiger partial charge on any atom is 5.00 e. The van der Waals surface area contributed by atoms with Gasteiger partial charge in [-0.3, -0.25) is 0 Å². The van der Waals surface area contributed by atoms with Gasteiger partial charge in [0.25, 0.3) is 0 Å². The molecule has 0 aliphatic rings. The van der Waals surface area contributed by atoms with Gasteiger partial charge in [0, 0.05) is 0 Å². The first-order valence-electron chi connectivity index (χ1n) is 0. The molecule has 6 heavy (non-hydrogen) atoms. The number of hydrogen-bond donors (Lipinski definition) is 0. The van der Waals surface area contributed by atoms with Crippen LogP contribution in [0.3, 0.4) is 0 Å². The Hall–Kier alpha value is 1.76. The topological polar surface area (TPSA) is 114 Å². The quantitative estimate of drug-likeness (QED) is 0.559. The van der Waals surface area contributed by atoms with E-state index in [-0.39, 0.29) is 80.8 Å². The third kappa shape index (κ3) is 42.1. The van der Waals surface area contributed by atoms with Crippen LogP contribution in [-0.2, 0) is 40.5 Å². The van der Waals surface area contributed by atoms with E-state index in [1.807, 2.05) is 0 Å². The van der Waals surface area contributed by atoms with Gasteiger partial charge >= 0.3 is 58.9 Å². The fourth-order valence-electron chi connectivity index (χ4n) is 0. The third-order valence-corrected chi connectivity index (χ3v) is 0. The van der Waals surface area contributed by atoms with Crippen molar-refractivity contribution < 1.29 is 80.8 Å². The zero-order valence-electron chi connectivity index (χ0n) is 2.53. The van der Waals surface area contributed by atoms with Crippen molar-refractivity contribution >= 4 is 0 Å². The molecule has 0 aromatic carbocycles. The molecule has 0 unspecified atom stereocenters. The summed E-state index contributed by atoms with van der Waals surface area (Å²) < 4.78 is 0. The van der Waals surface area contributed by atoms with Crippen LogP contribution in [0.25, 0.3) is 0 Å². The van der Waals surface area contributed by atoms with Gasteiger partial charge in [-0.1, -0.05) is 0 Å². The molecule has 0 aromatic heterocycles. The van der Waals surface area contributed by atoms with Crippen LogP contribution in [0.2, 0.25) is 0 Å². The van der Waals surface area contributed by atoms with Crippen molar-refractivity contribution in [3.8, 4) is 0 Å². The van der Waals surface area contributed by atoms with Gasteiger partial charge in [0.05, 0.1) is 0 Å². The summed E-state index contributed by atoms with van der Waals surface area (Å²) in [4.78, 5) is 0.